The van der Waals surface area contributed by atoms with Gasteiger partial charge in [0.1, 0.15) is 12.4 Å². The fourth-order valence-electron chi connectivity index (χ4n) is 2.51. The second-order valence-corrected chi connectivity index (χ2v) is 5.69. The van der Waals surface area contributed by atoms with Crippen LogP contribution in [0.25, 0.3) is 0 Å². The first kappa shape index (κ1) is 18.1. The van der Waals surface area contributed by atoms with Crippen LogP contribution in [0.5, 0.6) is 11.6 Å². The summed E-state index contributed by atoms with van der Waals surface area (Å²) >= 11 is 0. The molecule has 1 aliphatic heterocycles. The van der Waals surface area contributed by atoms with Gasteiger partial charge in [-0.15, -0.1) is 0 Å². The molecule has 1 fully saturated rings. The molecule has 1 aromatic heterocycles. The van der Waals surface area contributed by atoms with Crippen LogP contribution in [0.2, 0.25) is 0 Å². The average molecular weight is 364 g/mol. The normalized spacial score (nSPS) is 16.5. The summed E-state index contributed by atoms with van der Waals surface area (Å²) in [7, 11) is 0. The van der Waals surface area contributed by atoms with Crippen LogP contribution in [0.15, 0.2) is 42.6 Å². The molecule has 1 saturated heterocycles. The molecule has 2 aromatic rings. The SMILES string of the molecule is O=C(Nc1cccc(OC(F)F)c1)c1ccc(OC[C@@H]2CCCO2)nc1. The second-order valence-electron chi connectivity index (χ2n) is 5.69. The molecule has 0 unspecified atom stereocenters. The molecule has 1 aliphatic rings. The summed E-state index contributed by atoms with van der Waals surface area (Å²) in [5, 5.41) is 2.60. The Labute approximate surface area is 149 Å². The molecule has 1 N–H and O–H groups in total. The molecular weight excluding hydrogens is 346 g/mol. The van der Waals surface area contributed by atoms with Crippen molar-refractivity contribution >= 4 is 11.6 Å². The van der Waals surface area contributed by atoms with Crippen LogP contribution in [-0.2, 0) is 4.74 Å². The standard InChI is InChI=1S/C18H18F2N2O4/c19-18(20)26-14-4-1-3-13(9-14)22-17(23)12-6-7-16(21-10-12)25-11-15-5-2-8-24-15/h1,3-4,6-7,9-10,15,18H,2,5,8,11H2,(H,22,23)/t15-/m0/s1. The fraction of sp³-hybridized carbons (Fsp3) is 0.333. The molecule has 0 radical (unpaired) electrons. The Hall–Kier alpha value is -2.74. The topological polar surface area (TPSA) is 69.7 Å². The lowest BCUT2D eigenvalue weighted by molar-refractivity contribution is -0.0498. The van der Waals surface area contributed by atoms with Crippen molar-refractivity contribution in [2.45, 2.75) is 25.6 Å². The minimum absolute atomic E-state index is 0.0335. The van der Waals surface area contributed by atoms with Gasteiger partial charge in [-0.2, -0.15) is 8.78 Å². The molecule has 6 nitrogen and oxygen atoms in total. The van der Waals surface area contributed by atoms with Crippen LogP contribution in [0.4, 0.5) is 14.5 Å². The van der Waals surface area contributed by atoms with Crippen molar-refractivity contribution in [3.63, 3.8) is 0 Å². The molecule has 0 aliphatic carbocycles. The summed E-state index contributed by atoms with van der Waals surface area (Å²) in [5.41, 5.74) is 0.654. The highest BCUT2D eigenvalue weighted by Crippen LogP contribution is 2.20. The number of aromatic nitrogens is 1. The lowest BCUT2D eigenvalue weighted by atomic mass is 10.2. The first-order valence-corrected chi connectivity index (χ1v) is 8.17. The van der Waals surface area contributed by atoms with E-state index >= 15 is 0 Å². The van der Waals surface area contributed by atoms with Crippen LogP contribution in [0.3, 0.4) is 0 Å². The number of hydrogen-bond donors (Lipinski definition) is 1. The van der Waals surface area contributed by atoms with Gasteiger partial charge in [0.15, 0.2) is 0 Å². The molecular formula is C18H18F2N2O4. The molecule has 138 valence electrons. The van der Waals surface area contributed by atoms with E-state index in [1.807, 2.05) is 0 Å². The lowest BCUT2D eigenvalue weighted by Gasteiger charge is -2.11. The van der Waals surface area contributed by atoms with Crippen LogP contribution in [0, 0.1) is 0 Å². The summed E-state index contributed by atoms with van der Waals surface area (Å²) in [6.45, 7) is -1.74. The van der Waals surface area contributed by atoms with Crippen molar-refractivity contribution in [3.8, 4) is 11.6 Å². The number of ether oxygens (including phenoxy) is 3. The number of hydrogen-bond acceptors (Lipinski definition) is 5. The van der Waals surface area contributed by atoms with Gasteiger partial charge >= 0.3 is 6.61 Å². The zero-order valence-corrected chi connectivity index (χ0v) is 13.9. The lowest BCUT2D eigenvalue weighted by Crippen LogP contribution is -2.17. The summed E-state index contributed by atoms with van der Waals surface area (Å²) < 4.78 is 39.8. The largest absolute Gasteiger partial charge is 0.475 e. The quantitative estimate of drug-likeness (QED) is 0.814. The van der Waals surface area contributed by atoms with Crippen molar-refractivity contribution < 1.29 is 27.8 Å². The van der Waals surface area contributed by atoms with E-state index in [4.69, 9.17) is 9.47 Å². The predicted molar refractivity (Wildman–Crippen MR) is 89.7 cm³/mol. The minimum atomic E-state index is -2.92. The van der Waals surface area contributed by atoms with E-state index in [-0.39, 0.29) is 11.9 Å². The van der Waals surface area contributed by atoms with Gasteiger partial charge in [0, 0.05) is 30.6 Å². The maximum atomic E-state index is 12.2. The van der Waals surface area contributed by atoms with Crippen molar-refractivity contribution in [1.29, 1.82) is 0 Å². The summed E-state index contributed by atoms with van der Waals surface area (Å²) in [6.07, 6.45) is 3.47. The summed E-state index contributed by atoms with van der Waals surface area (Å²) in [5.74, 6) is -0.0458. The number of benzene rings is 1. The maximum absolute atomic E-state index is 12.2. The third kappa shape index (κ3) is 5.13. The Kier molecular flexibility index (Phi) is 5.96. The van der Waals surface area contributed by atoms with E-state index in [1.165, 1.54) is 24.4 Å². The maximum Gasteiger partial charge on any atom is 0.387 e. The van der Waals surface area contributed by atoms with Crippen LogP contribution < -0.4 is 14.8 Å². The highest BCUT2D eigenvalue weighted by Gasteiger charge is 2.16. The third-order valence-electron chi connectivity index (χ3n) is 3.76. The molecule has 26 heavy (non-hydrogen) atoms. The van der Waals surface area contributed by atoms with Gasteiger partial charge in [0.25, 0.3) is 5.91 Å². The number of rotatable bonds is 7. The van der Waals surface area contributed by atoms with Gasteiger partial charge in [-0.3, -0.25) is 4.79 Å². The smallest absolute Gasteiger partial charge is 0.387 e. The summed E-state index contributed by atoms with van der Waals surface area (Å²) in [4.78, 5) is 16.3. The Morgan fingerprint density at radius 2 is 2.23 bits per heavy atom. The predicted octanol–water partition coefficient (Wildman–Crippen LogP) is 3.49. The molecule has 1 aromatic carbocycles. The number of halogens is 2. The number of carbonyl (C=O) groups excluding carboxylic acids is 1. The van der Waals surface area contributed by atoms with Crippen LogP contribution in [0.1, 0.15) is 23.2 Å². The van der Waals surface area contributed by atoms with E-state index < -0.39 is 12.5 Å². The number of amides is 1. The Balaban J connectivity index is 1.56. The van der Waals surface area contributed by atoms with Gasteiger partial charge in [-0.05, 0) is 31.0 Å². The van der Waals surface area contributed by atoms with Crippen LogP contribution in [-0.4, -0.2) is 36.8 Å². The molecule has 0 spiro atoms. The van der Waals surface area contributed by atoms with Gasteiger partial charge in [-0.25, -0.2) is 4.98 Å². The Morgan fingerprint density at radius 3 is 2.92 bits per heavy atom. The third-order valence-corrected chi connectivity index (χ3v) is 3.76. The van der Waals surface area contributed by atoms with Gasteiger partial charge in [-0.1, -0.05) is 6.07 Å². The zero-order valence-electron chi connectivity index (χ0n) is 13.9. The fourth-order valence-corrected chi connectivity index (χ4v) is 2.51. The Bertz CT molecular complexity index is 734. The van der Waals surface area contributed by atoms with Crippen molar-refractivity contribution in [1.82, 2.24) is 4.98 Å². The van der Waals surface area contributed by atoms with Crippen molar-refractivity contribution in [2.24, 2.45) is 0 Å². The Morgan fingerprint density at radius 1 is 1.35 bits per heavy atom. The number of nitrogens with zero attached hydrogens (tertiary/aromatic N) is 1. The van der Waals surface area contributed by atoms with Gasteiger partial charge in [0.2, 0.25) is 5.88 Å². The van der Waals surface area contributed by atoms with E-state index in [9.17, 15) is 13.6 Å². The molecule has 0 bridgehead atoms. The first-order chi connectivity index (χ1) is 12.6. The highest BCUT2D eigenvalue weighted by molar-refractivity contribution is 6.04. The zero-order chi connectivity index (χ0) is 18.4. The molecule has 2 heterocycles. The number of nitrogens with one attached hydrogen (secondary N) is 1. The van der Waals surface area contributed by atoms with E-state index in [2.05, 4.69) is 15.0 Å². The number of carbonyl (C=O) groups is 1. The van der Waals surface area contributed by atoms with Crippen molar-refractivity contribution in [2.75, 3.05) is 18.5 Å². The molecule has 0 saturated carbocycles. The first-order valence-electron chi connectivity index (χ1n) is 8.17. The average Bonchev–Trinajstić information content (AvgIpc) is 3.14. The molecule has 8 heteroatoms. The van der Waals surface area contributed by atoms with Gasteiger partial charge in [0.05, 0.1) is 11.7 Å². The number of pyridine rings is 1. The second kappa shape index (κ2) is 8.57. The van der Waals surface area contributed by atoms with Gasteiger partial charge < -0.3 is 19.5 Å². The number of alkyl halides is 2. The molecule has 1 atom stereocenters. The molecule has 3 rings (SSSR count). The highest BCUT2D eigenvalue weighted by atomic mass is 19.3. The van der Waals surface area contributed by atoms with Crippen molar-refractivity contribution in [3.05, 3.63) is 48.2 Å². The summed E-state index contributed by atoms with van der Waals surface area (Å²) in [6, 6.07) is 8.95. The van der Waals surface area contributed by atoms with E-state index in [0.29, 0.717) is 23.7 Å². The van der Waals surface area contributed by atoms with Crippen LogP contribution >= 0.6 is 0 Å². The number of anilines is 1. The van der Waals surface area contributed by atoms with E-state index in [0.717, 1.165) is 19.4 Å². The monoisotopic (exact) mass is 364 g/mol. The van der Waals surface area contributed by atoms with E-state index in [1.54, 1.807) is 18.2 Å². The minimum Gasteiger partial charge on any atom is -0.475 e. The molecule has 1 amide bonds.